The van der Waals surface area contributed by atoms with Gasteiger partial charge >= 0.3 is 5.69 Å². The number of hydrogen-bond acceptors (Lipinski definition) is 3. The third-order valence-corrected chi connectivity index (χ3v) is 2.58. The molecule has 0 spiro atoms. The minimum Gasteiger partial charge on any atom is -0.301 e. The fraction of sp³-hybridized carbons (Fsp3) is 0.0833. The highest BCUT2D eigenvalue weighted by Gasteiger charge is 2.08. The molecule has 5 heteroatoms. The number of aryl methyl sites for hydroxylation is 1. The Kier molecular flexibility index (Phi) is 2.94. The molecule has 0 aliphatic heterocycles. The number of rotatable bonds is 1. The Bertz CT molecular complexity index is 653. The van der Waals surface area contributed by atoms with E-state index in [9.17, 15) is 4.79 Å². The second-order valence-electron chi connectivity index (χ2n) is 3.52. The van der Waals surface area contributed by atoms with Gasteiger partial charge in [-0.25, -0.2) is 4.79 Å². The monoisotopic (exact) mass is 245 g/mol. The van der Waals surface area contributed by atoms with Crippen molar-refractivity contribution in [3.63, 3.8) is 0 Å². The van der Waals surface area contributed by atoms with Crippen molar-refractivity contribution in [1.82, 2.24) is 9.55 Å². The summed E-state index contributed by atoms with van der Waals surface area (Å²) in [7, 11) is 1.56. The molecule has 1 aromatic carbocycles. The molecule has 4 nitrogen and oxygen atoms in total. The normalized spacial score (nSPS) is 9.94. The van der Waals surface area contributed by atoms with Crippen LogP contribution in [0.25, 0.3) is 11.3 Å². The van der Waals surface area contributed by atoms with Gasteiger partial charge < -0.3 is 4.57 Å². The van der Waals surface area contributed by atoms with Crippen LogP contribution >= 0.6 is 11.6 Å². The predicted molar refractivity (Wildman–Crippen MR) is 64.6 cm³/mol. The highest BCUT2D eigenvalue weighted by molar-refractivity contribution is 6.30. The molecule has 0 N–H and O–H groups in total. The van der Waals surface area contributed by atoms with E-state index in [1.807, 2.05) is 6.07 Å². The maximum atomic E-state index is 11.5. The van der Waals surface area contributed by atoms with Crippen LogP contribution < -0.4 is 5.69 Å². The molecule has 0 amide bonds. The van der Waals surface area contributed by atoms with Crippen molar-refractivity contribution in [2.45, 2.75) is 0 Å². The van der Waals surface area contributed by atoms with E-state index in [4.69, 9.17) is 16.9 Å². The Morgan fingerprint density at radius 3 is 2.59 bits per heavy atom. The van der Waals surface area contributed by atoms with Crippen LogP contribution in [0.3, 0.4) is 0 Å². The molecule has 0 saturated heterocycles. The molecule has 0 fully saturated rings. The summed E-state index contributed by atoms with van der Waals surface area (Å²) < 4.78 is 1.28. The van der Waals surface area contributed by atoms with Crippen LogP contribution in [0.2, 0.25) is 5.02 Å². The van der Waals surface area contributed by atoms with Crippen LogP contribution in [-0.4, -0.2) is 9.55 Å². The first-order valence-corrected chi connectivity index (χ1v) is 5.23. The molecule has 0 unspecified atom stereocenters. The lowest BCUT2D eigenvalue weighted by Crippen LogP contribution is -2.20. The van der Waals surface area contributed by atoms with Crippen LogP contribution in [-0.2, 0) is 7.05 Å². The SMILES string of the molecule is Cn1cc(C#N)c(-c2ccc(Cl)cc2)nc1=O. The van der Waals surface area contributed by atoms with E-state index in [0.717, 1.165) is 0 Å². The minimum atomic E-state index is -0.394. The van der Waals surface area contributed by atoms with E-state index < -0.39 is 5.69 Å². The smallest absolute Gasteiger partial charge is 0.301 e. The van der Waals surface area contributed by atoms with Crippen LogP contribution in [0.4, 0.5) is 0 Å². The highest BCUT2D eigenvalue weighted by Crippen LogP contribution is 2.21. The van der Waals surface area contributed by atoms with Gasteiger partial charge in [0.25, 0.3) is 0 Å². The Morgan fingerprint density at radius 2 is 2.00 bits per heavy atom. The summed E-state index contributed by atoms with van der Waals surface area (Å²) in [6.45, 7) is 0. The van der Waals surface area contributed by atoms with Gasteiger partial charge in [-0.3, -0.25) is 0 Å². The summed E-state index contributed by atoms with van der Waals surface area (Å²) >= 11 is 5.78. The van der Waals surface area contributed by atoms with Gasteiger partial charge in [-0.1, -0.05) is 23.7 Å². The highest BCUT2D eigenvalue weighted by atomic mass is 35.5. The van der Waals surface area contributed by atoms with Gasteiger partial charge in [-0.05, 0) is 12.1 Å². The van der Waals surface area contributed by atoms with Crippen molar-refractivity contribution >= 4 is 11.6 Å². The Hall–Kier alpha value is -2.12. The quantitative estimate of drug-likeness (QED) is 0.772. The van der Waals surface area contributed by atoms with Crippen LogP contribution in [0, 0.1) is 11.3 Å². The second-order valence-corrected chi connectivity index (χ2v) is 3.95. The van der Waals surface area contributed by atoms with Gasteiger partial charge in [0, 0.05) is 23.8 Å². The van der Waals surface area contributed by atoms with Gasteiger partial charge in [0.1, 0.15) is 6.07 Å². The molecule has 0 bridgehead atoms. The second kappa shape index (κ2) is 4.40. The van der Waals surface area contributed by atoms with E-state index in [1.165, 1.54) is 10.8 Å². The third kappa shape index (κ3) is 2.19. The molecule has 0 atom stereocenters. The molecular formula is C12H8ClN3O. The zero-order valence-corrected chi connectivity index (χ0v) is 9.77. The van der Waals surface area contributed by atoms with Crippen LogP contribution in [0.5, 0.6) is 0 Å². The van der Waals surface area contributed by atoms with E-state index in [1.54, 1.807) is 31.3 Å². The lowest BCUT2D eigenvalue weighted by molar-refractivity contribution is 0.809. The van der Waals surface area contributed by atoms with E-state index in [0.29, 0.717) is 21.8 Å². The van der Waals surface area contributed by atoms with Gasteiger partial charge in [0.2, 0.25) is 0 Å². The lowest BCUT2D eigenvalue weighted by Gasteiger charge is -2.04. The fourth-order valence-electron chi connectivity index (χ4n) is 1.45. The molecule has 0 radical (unpaired) electrons. The van der Waals surface area contributed by atoms with E-state index in [2.05, 4.69) is 4.98 Å². The van der Waals surface area contributed by atoms with E-state index in [-0.39, 0.29) is 0 Å². The summed E-state index contributed by atoms with van der Waals surface area (Å²) in [6.07, 6.45) is 1.47. The maximum Gasteiger partial charge on any atom is 0.347 e. The summed E-state index contributed by atoms with van der Waals surface area (Å²) in [4.78, 5) is 15.3. The standard InChI is InChI=1S/C12H8ClN3O/c1-16-7-9(6-14)11(15-12(16)17)8-2-4-10(13)5-3-8/h2-5,7H,1H3. The zero-order valence-electron chi connectivity index (χ0n) is 9.01. The Morgan fingerprint density at radius 1 is 1.35 bits per heavy atom. The summed E-state index contributed by atoms with van der Waals surface area (Å²) in [5.74, 6) is 0. The number of hydrogen-bond donors (Lipinski definition) is 0. The molecule has 17 heavy (non-hydrogen) atoms. The molecule has 0 saturated carbocycles. The first-order valence-electron chi connectivity index (χ1n) is 4.85. The summed E-state index contributed by atoms with van der Waals surface area (Å²) in [5.41, 5.74) is 1.04. The minimum absolute atomic E-state index is 0.356. The number of halogens is 1. The molecule has 1 heterocycles. The molecular weight excluding hydrogens is 238 g/mol. The van der Waals surface area contributed by atoms with Crippen LogP contribution in [0.1, 0.15) is 5.56 Å². The average Bonchev–Trinajstić information content (AvgIpc) is 2.33. The van der Waals surface area contributed by atoms with Crippen LogP contribution in [0.15, 0.2) is 35.3 Å². The topological polar surface area (TPSA) is 58.7 Å². The van der Waals surface area contributed by atoms with Gasteiger partial charge in [0.15, 0.2) is 0 Å². The average molecular weight is 246 g/mol. The molecule has 84 valence electrons. The number of benzene rings is 1. The van der Waals surface area contributed by atoms with Crippen molar-refractivity contribution < 1.29 is 0 Å². The fourth-order valence-corrected chi connectivity index (χ4v) is 1.58. The number of nitriles is 1. The van der Waals surface area contributed by atoms with Crippen molar-refractivity contribution in [3.05, 3.63) is 51.5 Å². The van der Waals surface area contributed by atoms with Gasteiger partial charge in [-0.15, -0.1) is 0 Å². The first kappa shape index (κ1) is 11.4. The number of nitrogens with zero attached hydrogens (tertiary/aromatic N) is 3. The third-order valence-electron chi connectivity index (χ3n) is 2.33. The van der Waals surface area contributed by atoms with E-state index >= 15 is 0 Å². The Labute approximate surface area is 103 Å². The van der Waals surface area contributed by atoms with Crippen molar-refractivity contribution in [1.29, 1.82) is 5.26 Å². The van der Waals surface area contributed by atoms with Crippen molar-refractivity contribution in [2.24, 2.45) is 7.05 Å². The predicted octanol–water partition coefficient (Wildman–Crippen LogP) is 1.97. The molecule has 2 rings (SSSR count). The molecule has 0 aliphatic rings. The van der Waals surface area contributed by atoms with Gasteiger partial charge in [0.05, 0.1) is 11.3 Å². The number of aromatic nitrogens is 2. The van der Waals surface area contributed by atoms with Gasteiger partial charge in [-0.2, -0.15) is 10.2 Å². The maximum absolute atomic E-state index is 11.5. The lowest BCUT2D eigenvalue weighted by atomic mass is 10.1. The molecule has 2 aromatic rings. The molecule has 0 aliphatic carbocycles. The summed E-state index contributed by atoms with van der Waals surface area (Å²) in [5, 5.41) is 9.61. The zero-order chi connectivity index (χ0) is 12.4. The van der Waals surface area contributed by atoms with Crippen molar-refractivity contribution in [2.75, 3.05) is 0 Å². The Balaban J connectivity index is 2.67. The first-order chi connectivity index (χ1) is 8.11. The summed E-state index contributed by atoms with van der Waals surface area (Å²) in [6, 6.07) is 8.86. The molecule has 1 aromatic heterocycles. The van der Waals surface area contributed by atoms with Crippen molar-refractivity contribution in [3.8, 4) is 17.3 Å². The largest absolute Gasteiger partial charge is 0.347 e.